The number of hydrogen-bond donors (Lipinski definition) is 3. The van der Waals surface area contributed by atoms with Gasteiger partial charge in [-0.2, -0.15) is 0 Å². The predicted octanol–water partition coefficient (Wildman–Crippen LogP) is 28.6. The van der Waals surface area contributed by atoms with E-state index in [-0.39, 0.29) is 25.7 Å². The van der Waals surface area contributed by atoms with E-state index < -0.39 is 97.5 Å². The molecule has 111 heavy (non-hydrogen) atoms. The summed E-state index contributed by atoms with van der Waals surface area (Å²) in [6.45, 7) is 9.73. The molecule has 0 spiro atoms. The average molecular weight is 1620 g/mol. The monoisotopic (exact) mass is 1620 g/mol. The zero-order valence-corrected chi connectivity index (χ0v) is 75.1. The quantitative estimate of drug-likeness (QED) is 0.0222. The Labute approximate surface area is 683 Å². The lowest BCUT2D eigenvalue weighted by Gasteiger charge is -2.21. The van der Waals surface area contributed by atoms with Gasteiger partial charge >= 0.3 is 39.5 Å². The molecule has 0 fully saturated rings. The van der Waals surface area contributed by atoms with Gasteiger partial charge in [0.25, 0.3) is 0 Å². The highest BCUT2D eigenvalue weighted by Crippen LogP contribution is 2.45. The maximum atomic E-state index is 13.2. The summed E-state index contributed by atoms with van der Waals surface area (Å²) >= 11 is 0. The average Bonchev–Trinajstić information content (AvgIpc) is 0.903. The van der Waals surface area contributed by atoms with E-state index in [4.69, 9.17) is 37.0 Å². The number of esters is 4. The van der Waals surface area contributed by atoms with Gasteiger partial charge in [-0.25, -0.2) is 9.13 Å². The molecule has 17 nitrogen and oxygen atoms in total. The molecule has 6 atom stereocenters. The number of aliphatic hydroxyl groups is 1. The van der Waals surface area contributed by atoms with Gasteiger partial charge in [-0.15, -0.1) is 0 Å². The third-order valence-electron chi connectivity index (χ3n) is 22.1. The Balaban J connectivity index is 5.24. The SMILES string of the molecule is CCCCCCCCCCCCCCCCCCCCCCCC(=O)OC[C@H](COP(=O)(O)OC[C@@H](O)COP(=O)(O)OC[C@@H](COC(=O)CCCCCCCCCCC(C)CC)OC(=O)CCCCCCCCCCCCCCCCC(C)C)OC(=O)CCCCCCCCCCCCCCCCCCCCCCC. The molecule has 0 rings (SSSR count). The first-order chi connectivity index (χ1) is 53.9. The van der Waals surface area contributed by atoms with Crippen molar-refractivity contribution in [1.29, 1.82) is 0 Å². The van der Waals surface area contributed by atoms with Gasteiger partial charge in [-0.05, 0) is 37.5 Å². The van der Waals surface area contributed by atoms with Crippen LogP contribution in [0.25, 0.3) is 0 Å². The van der Waals surface area contributed by atoms with E-state index in [0.29, 0.717) is 25.7 Å². The summed E-state index contributed by atoms with van der Waals surface area (Å²) < 4.78 is 69.1. The van der Waals surface area contributed by atoms with E-state index in [2.05, 4.69) is 41.5 Å². The van der Waals surface area contributed by atoms with Crippen molar-refractivity contribution in [2.45, 2.75) is 516 Å². The highest BCUT2D eigenvalue weighted by atomic mass is 31.2. The maximum Gasteiger partial charge on any atom is 0.472 e. The Morgan fingerprint density at radius 2 is 0.459 bits per heavy atom. The number of phosphoric acid groups is 2. The lowest BCUT2D eigenvalue weighted by molar-refractivity contribution is -0.161. The summed E-state index contributed by atoms with van der Waals surface area (Å²) in [7, 11) is -9.94. The van der Waals surface area contributed by atoms with Crippen molar-refractivity contribution in [2.24, 2.45) is 11.8 Å². The number of aliphatic hydroxyl groups excluding tert-OH is 1. The van der Waals surface area contributed by atoms with Crippen LogP contribution in [0, 0.1) is 11.8 Å². The first-order valence-electron chi connectivity index (χ1n) is 47.5. The van der Waals surface area contributed by atoms with E-state index in [1.807, 2.05) is 0 Å². The van der Waals surface area contributed by atoms with Gasteiger partial charge in [0, 0.05) is 25.7 Å². The Hall–Kier alpha value is -1.94. The third-order valence-corrected chi connectivity index (χ3v) is 24.0. The number of ether oxygens (including phenoxy) is 4. The first-order valence-corrected chi connectivity index (χ1v) is 50.5. The molecule has 660 valence electrons. The summed E-state index contributed by atoms with van der Waals surface area (Å²) in [6, 6.07) is 0. The van der Waals surface area contributed by atoms with Crippen LogP contribution in [-0.4, -0.2) is 96.7 Å². The van der Waals surface area contributed by atoms with Crippen LogP contribution in [-0.2, 0) is 65.4 Å². The van der Waals surface area contributed by atoms with E-state index in [1.54, 1.807) is 0 Å². The van der Waals surface area contributed by atoms with Gasteiger partial charge in [0.05, 0.1) is 26.4 Å². The number of hydrogen-bond acceptors (Lipinski definition) is 15. The third kappa shape index (κ3) is 84.3. The smallest absolute Gasteiger partial charge is 0.462 e. The standard InChI is InChI=1S/C92H180O17P2/c1-7-10-12-14-16-18-20-22-24-26-28-30-32-34-36-41-45-49-56-62-68-74-89(94)102-80-87(108-91(96)76-70-64-58-50-46-42-37-35-33-31-29-27-25-23-21-19-17-15-13-11-8-2)82-106-110(98,99)104-78-86(93)79-105-111(100,101)107-83-88(81-103-90(95)75-69-63-57-53-52-55-61-67-73-85(6)9-3)109-92(97)77-71-65-59-51-47-43-39-38-40-44-48-54-60-66-72-84(4)5/h84-88,93H,7-83H2,1-6H3,(H,98,99)(H,100,101)/t85?,86-,87-,88-/m1/s1. The van der Waals surface area contributed by atoms with Crippen LogP contribution in [0.1, 0.15) is 497 Å². The van der Waals surface area contributed by atoms with E-state index in [0.717, 1.165) is 102 Å². The molecule has 0 aromatic carbocycles. The Morgan fingerprint density at radius 3 is 0.685 bits per heavy atom. The minimum atomic E-state index is -4.97. The zero-order chi connectivity index (χ0) is 81.3. The molecular formula is C92H180O17P2. The van der Waals surface area contributed by atoms with Gasteiger partial charge in [-0.3, -0.25) is 37.3 Å². The second kappa shape index (κ2) is 83.1. The zero-order valence-electron chi connectivity index (χ0n) is 73.3. The fourth-order valence-electron chi connectivity index (χ4n) is 14.4. The molecule has 0 aromatic rings. The number of carbonyl (C=O) groups excluding carboxylic acids is 4. The first kappa shape index (κ1) is 109. The minimum Gasteiger partial charge on any atom is -0.462 e. The topological polar surface area (TPSA) is 237 Å². The molecule has 3 unspecified atom stereocenters. The Kier molecular flexibility index (Phi) is 81.7. The fourth-order valence-corrected chi connectivity index (χ4v) is 16.0. The summed E-state index contributed by atoms with van der Waals surface area (Å²) in [5.74, 6) is -0.524. The molecule has 0 aliphatic heterocycles. The predicted molar refractivity (Wildman–Crippen MR) is 460 cm³/mol. The van der Waals surface area contributed by atoms with Crippen LogP contribution in [0.4, 0.5) is 0 Å². The molecule has 0 aromatic heterocycles. The summed E-state index contributed by atoms with van der Waals surface area (Å²) in [5, 5.41) is 10.7. The number of rotatable bonds is 91. The van der Waals surface area contributed by atoms with Crippen LogP contribution in [0.15, 0.2) is 0 Å². The molecule has 3 N–H and O–H groups in total. The summed E-state index contributed by atoms with van der Waals surface area (Å²) in [4.78, 5) is 73.5. The molecule has 0 aliphatic carbocycles. The fraction of sp³-hybridized carbons (Fsp3) is 0.957. The molecule has 0 bridgehead atoms. The molecule has 0 heterocycles. The lowest BCUT2D eigenvalue weighted by atomic mass is 9.99. The van der Waals surface area contributed by atoms with Crippen LogP contribution >= 0.6 is 15.6 Å². The second-order valence-electron chi connectivity index (χ2n) is 33.8. The highest BCUT2D eigenvalue weighted by molar-refractivity contribution is 7.47. The molecule has 0 aliphatic rings. The van der Waals surface area contributed by atoms with Crippen LogP contribution in [0.2, 0.25) is 0 Å². The normalized spacial score (nSPS) is 14.0. The Bertz CT molecular complexity index is 2120. The van der Waals surface area contributed by atoms with Crippen LogP contribution < -0.4 is 0 Å². The van der Waals surface area contributed by atoms with E-state index in [1.165, 1.54) is 315 Å². The van der Waals surface area contributed by atoms with E-state index in [9.17, 15) is 43.2 Å². The molecule has 0 saturated carbocycles. The number of unbranched alkanes of at least 4 members (excludes halogenated alkanes) is 60. The molecule has 19 heteroatoms. The van der Waals surface area contributed by atoms with Crippen LogP contribution in [0.5, 0.6) is 0 Å². The van der Waals surface area contributed by atoms with Gasteiger partial charge < -0.3 is 33.8 Å². The number of carbonyl (C=O) groups is 4. The second-order valence-corrected chi connectivity index (χ2v) is 36.7. The van der Waals surface area contributed by atoms with Crippen molar-refractivity contribution in [3.63, 3.8) is 0 Å². The van der Waals surface area contributed by atoms with Crippen molar-refractivity contribution < 1.29 is 80.2 Å². The molecular weight excluding hydrogens is 1440 g/mol. The minimum absolute atomic E-state index is 0.107. The summed E-state index contributed by atoms with van der Waals surface area (Å²) in [5.41, 5.74) is 0. The highest BCUT2D eigenvalue weighted by Gasteiger charge is 2.31. The van der Waals surface area contributed by atoms with Crippen molar-refractivity contribution in [1.82, 2.24) is 0 Å². The van der Waals surface area contributed by atoms with Crippen molar-refractivity contribution in [3.8, 4) is 0 Å². The molecule has 0 radical (unpaired) electrons. The van der Waals surface area contributed by atoms with Gasteiger partial charge in [0.2, 0.25) is 0 Å². The van der Waals surface area contributed by atoms with Gasteiger partial charge in [0.1, 0.15) is 19.3 Å². The van der Waals surface area contributed by atoms with Crippen molar-refractivity contribution in [2.75, 3.05) is 39.6 Å². The largest absolute Gasteiger partial charge is 0.472 e. The van der Waals surface area contributed by atoms with Crippen molar-refractivity contribution >= 4 is 39.5 Å². The Morgan fingerprint density at radius 1 is 0.261 bits per heavy atom. The van der Waals surface area contributed by atoms with Crippen molar-refractivity contribution in [3.05, 3.63) is 0 Å². The molecule has 0 saturated heterocycles. The summed E-state index contributed by atoms with van der Waals surface area (Å²) in [6.07, 6.45) is 77.9. The maximum absolute atomic E-state index is 13.2. The lowest BCUT2D eigenvalue weighted by Crippen LogP contribution is -2.30. The van der Waals surface area contributed by atoms with Gasteiger partial charge in [0.15, 0.2) is 12.2 Å². The van der Waals surface area contributed by atoms with E-state index >= 15 is 0 Å². The van der Waals surface area contributed by atoms with Gasteiger partial charge in [-0.1, -0.05) is 446 Å². The van der Waals surface area contributed by atoms with Crippen LogP contribution in [0.3, 0.4) is 0 Å². The number of phosphoric ester groups is 2. The molecule has 0 amide bonds.